The summed E-state index contributed by atoms with van der Waals surface area (Å²) in [6.45, 7) is 3.90. The zero-order valence-corrected chi connectivity index (χ0v) is 10.4. The van der Waals surface area contributed by atoms with Crippen LogP contribution < -0.4 is 0 Å². The number of hydrogen-bond donors (Lipinski definition) is 0. The van der Waals surface area contributed by atoms with E-state index in [4.69, 9.17) is 0 Å². The van der Waals surface area contributed by atoms with E-state index < -0.39 is 8.87 Å². The maximum absolute atomic E-state index is 11.7. The zero-order chi connectivity index (χ0) is 11.3. The van der Waals surface area contributed by atoms with Crippen LogP contribution in [0.5, 0.6) is 0 Å². The summed E-state index contributed by atoms with van der Waals surface area (Å²) in [5.41, 5.74) is 1.06. The highest BCUT2D eigenvalue weighted by Crippen LogP contribution is 2.24. The van der Waals surface area contributed by atoms with E-state index in [1.807, 2.05) is 19.9 Å². The summed E-state index contributed by atoms with van der Waals surface area (Å²) < 4.78 is 23.5. The van der Waals surface area contributed by atoms with Gasteiger partial charge >= 0.3 is 0 Å². The quantitative estimate of drug-likeness (QED) is 0.759. The Morgan fingerprint density at radius 3 is 2.40 bits per heavy atom. The molecule has 82 valence electrons. The molecule has 0 amide bonds. The first kappa shape index (κ1) is 12.3. The van der Waals surface area contributed by atoms with Gasteiger partial charge in [-0.3, -0.25) is 0 Å². The second-order valence-electron chi connectivity index (χ2n) is 3.14. The van der Waals surface area contributed by atoms with Crippen molar-refractivity contribution in [3.05, 3.63) is 41.3 Å². The Labute approximate surface area is 94.7 Å². The van der Waals surface area contributed by atoms with Crippen molar-refractivity contribution in [2.24, 2.45) is 0 Å². The number of hydrogen-bond acceptors (Lipinski definition) is 3. The molecule has 0 aliphatic heterocycles. The fraction of sp³-hybridized carbons (Fsp3) is 0.273. The van der Waals surface area contributed by atoms with Gasteiger partial charge in [-0.15, -0.1) is 0 Å². The van der Waals surface area contributed by atoms with Crippen molar-refractivity contribution in [1.82, 2.24) is 0 Å². The highest BCUT2D eigenvalue weighted by Gasteiger charge is 2.12. The highest BCUT2D eigenvalue weighted by molar-refractivity contribution is 8.73. The largest absolute Gasteiger partial charge is 0.233 e. The average molecular weight is 242 g/mol. The Balaban J connectivity index is 2.87. The SMILES string of the molecule is CC/C=C/SS(=O)(=O)c1ccc(C)cc1. The van der Waals surface area contributed by atoms with Crippen LogP contribution in [0.1, 0.15) is 18.9 Å². The second-order valence-corrected chi connectivity index (χ2v) is 6.88. The van der Waals surface area contributed by atoms with Crippen molar-refractivity contribution in [2.75, 3.05) is 0 Å². The number of rotatable bonds is 4. The molecular weight excluding hydrogens is 228 g/mol. The van der Waals surface area contributed by atoms with Crippen LogP contribution in [0.25, 0.3) is 0 Å². The summed E-state index contributed by atoms with van der Waals surface area (Å²) in [4.78, 5) is 0.360. The first-order valence-electron chi connectivity index (χ1n) is 4.71. The topological polar surface area (TPSA) is 34.1 Å². The van der Waals surface area contributed by atoms with Gasteiger partial charge in [0.25, 0.3) is 0 Å². The van der Waals surface area contributed by atoms with E-state index >= 15 is 0 Å². The minimum absolute atomic E-state index is 0.360. The predicted octanol–water partition coefficient (Wildman–Crippen LogP) is 3.34. The van der Waals surface area contributed by atoms with E-state index in [0.717, 1.165) is 22.8 Å². The predicted molar refractivity (Wildman–Crippen MR) is 65.4 cm³/mol. The summed E-state index contributed by atoms with van der Waals surface area (Å²) >= 11 is 0. The minimum Gasteiger partial charge on any atom is -0.212 e. The Bertz CT molecular complexity index is 430. The van der Waals surface area contributed by atoms with Crippen molar-refractivity contribution in [2.45, 2.75) is 25.2 Å². The first-order chi connectivity index (χ1) is 7.06. The lowest BCUT2D eigenvalue weighted by Gasteiger charge is -2.00. The molecule has 1 rings (SSSR count). The molecule has 0 saturated heterocycles. The van der Waals surface area contributed by atoms with E-state index in [2.05, 4.69) is 0 Å². The third-order valence-corrected chi connectivity index (χ3v) is 4.90. The van der Waals surface area contributed by atoms with Gasteiger partial charge in [0.2, 0.25) is 8.87 Å². The lowest BCUT2D eigenvalue weighted by atomic mass is 10.2. The fourth-order valence-electron chi connectivity index (χ4n) is 0.969. The molecule has 0 aliphatic carbocycles. The summed E-state index contributed by atoms with van der Waals surface area (Å²) in [5, 5.41) is 1.62. The lowest BCUT2D eigenvalue weighted by Crippen LogP contribution is -1.93. The summed E-state index contributed by atoms with van der Waals surface area (Å²) in [6.07, 6.45) is 2.67. The van der Waals surface area contributed by atoms with Crippen molar-refractivity contribution >= 4 is 19.7 Å². The highest BCUT2D eigenvalue weighted by atomic mass is 33.1. The summed E-state index contributed by atoms with van der Waals surface area (Å²) in [6, 6.07) is 6.88. The average Bonchev–Trinajstić information content (AvgIpc) is 2.18. The minimum atomic E-state index is -3.22. The lowest BCUT2D eigenvalue weighted by molar-refractivity contribution is 0.610. The number of benzene rings is 1. The van der Waals surface area contributed by atoms with E-state index in [-0.39, 0.29) is 0 Å². The molecule has 15 heavy (non-hydrogen) atoms. The molecule has 1 aromatic carbocycles. The molecule has 1 aromatic rings. The Morgan fingerprint density at radius 1 is 1.27 bits per heavy atom. The second kappa shape index (κ2) is 5.37. The van der Waals surface area contributed by atoms with Gasteiger partial charge in [0.1, 0.15) is 0 Å². The van der Waals surface area contributed by atoms with Crippen LogP contribution in [0.3, 0.4) is 0 Å². The van der Waals surface area contributed by atoms with E-state index in [9.17, 15) is 8.42 Å². The molecule has 0 aliphatic rings. The van der Waals surface area contributed by atoms with E-state index in [1.54, 1.807) is 29.7 Å². The Hall–Kier alpha value is -0.740. The normalized spacial score (nSPS) is 12.1. The van der Waals surface area contributed by atoms with Gasteiger partial charge in [-0.1, -0.05) is 30.7 Å². The van der Waals surface area contributed by atoms with Gasteiger partial charge in [-0.05, 0) is 30.9 Å². The van der Waals surface area contributed by atoms with E-state index in [1.165, 1.54) is 0 Å². The standard InChI is InChI=1S/C11H14O2S2/c1-3-4-9-14-15(12,13)11-7-5-10(2)6-8-11/h4-9H,3H2,1-2H3/b9-4+. The molecule has 0 radical (unpaired) electrons. The molecule has 0 atom stereocenters. The van der Waals surface area contributed by atoms with Crippen LogP contribution in [0.15, 0.2) is 40.6 Å². The molecule has 0 spiro atoms. The summed E-state index contributed by atoms with van der Waals surface area (Å²) in [5.74, 6) is 0. The number of allylic oxidation sites excluding steroid dienone is 1. The third kappa shape index (κ3) is 3.72. The van der Waals surface area contributed by atoms with Crippen molar-refractivity contribution in [3.8, 4) is 0 Å². The maximum atomic E-state index is 11.7. The van der Waals surface area contributed by atoms with Crippen LogP contribution in [0.2, 0.25) is 0 Å². The van der Waals surface area contributed by atoms with Crippen LogP contribution in [0, 0.1) is 6.92 Å². The molecule has 0 unspecified atom stereocenters. The van der Waals surface area contributed by atoms with Gasteiger partial charge in [-0.2, -0.15) is 0 Å². The van der Waals surface area contributed by atoms with Gasteiger partial charge in [-0.25, -0.2) is 8.42 Å². The van der Waals surface area contributed by atoms with Crippen molar-refractivity contribution < 1.29 is 8.42 Å². The van der Waals surface area contributed by atoms with Crippen LogP contribution in [-0.2, 0) is 8.87 Å². The van der Waals surface area contributed by atoms with Crippen LogP contribution in [0.4, 0.5) is 0 Å². The molecule has 0 saturated carbocycles. The molecule has 0 fully saturated rings. The van der Waals surface area contributed by atoms with Gasteiger partial charge in [0.15, 0.2) is 0 Å². The maximum Gasteiger partial charge on any atom is 0.233 e. The smallest absolute Gasteiger partial charge is 0.212 e. The van der Waals surface area contributed by atoms with Crippen molar-refractivity contribution in [1.29, 1.82) is 0 Å². The molecule has 0 heterocycles. The first-order valence-corrected chi connectivity index (χ1v) is 7.59. The molecule has 0 bridgehead atoms. The summed E-state index contributed by atoms with van der Waals surface area (Å²) in [7, 11) is -2.37. The molecule has 4 heteroatoms. The molecular formula is C11H14O2S2. The van der Waals surface area contributed by atoms with Gasteiger partial charge in [0, 0.05) is 10.8 Å². The monoisotopic (exact) mass is 242 g/mol. The molecule has 0 aromatic heterocycles. The third-order valence-electron chi connectivity index (χ3n) is 1.82. The Kier molecular flexibility index (Phi) is 4.42. The van der Waals surface area contributed by atoms with Gasteiger partial charge in [0.05, 0.1) is 4.90 Å². The molecule has 0 N–H and O–H groups in total. The Morgan fingerprint density at radius 2 is 1.87 bits per heavy atom. The number of aryl methyl sites for hydroxylation is 1. The van der Waals surface area contributed by atoms with Crippen LogP contribution >= 0.6 is 10.8 Å². The van der Waals surface area contributed by atoms with Crippen molar-refractivity contribution in [3.63, 3.8) is 0 Å². The fourth-order valence-corrected chi connectivity index (χ4v) is 3.31. The zero-order valence-electron chi connectivity index (χ0n) is 8.80. The molecule has 2 nitrogen and oxygen atoms in total. The van der Waals surface area contributed by atoms with E-state index in [0.29, 0.717) is 4.90 Å². The van der Waals surface area contributed by atoms with Crippen LogP contribution in [-0.4, -0.2) is 8.42 Å². The van der Waals surface area contributed by atoms with Gasteiger partial charge < -0.3 is 0 Å².